The lowest BCUT2D eigenvalue weighted by Crippen LogP contribution is -1.93. The molecule has 2 heteroatoms. The Bertz CT molecular complexity index is 805. The van der Waals surface area contributed by atoms with Crippen LogP contribution in [-0.2, 0) is 0 Å². The van der Waals surface area contributed by atoms with E-state index in [4.69, 9.17) is 0 Å². The van der Waals surface area contributed by atoms with E-state index in [-0.39, 0.29) is 5.78 Å². The number of nitrogens with one attached hydrogen (secondary N) is 1. The molecule has 0 amide bonds. The van der Waals surface area contributed by atoms with Crippen LogP contribution in [0.5, 0.6) is 0 Å². The van der Waals surface area contributed by atoms with E-state index in [1.54, 1.807) is 12.1 Å². The van der Waals surface area contributed by atoms with Crippen LogP contribution in [-0.4, -0.2) is 10.8 Å². The molecule has 2 aromatic carbocycles. The van der Waals surface area contributed by atoms with Gasteiger partial charge in [0.05, 0.1) is 5.69 Å². The van der Waals surface area contributed by atoms with E-state index < -0.39 is 0 Å². The molecule has 0 atom stereocenters. The van der Waals surface area contributed by atoms with Crippen molar-refractivity contribution in [2.75, 3.05) is 0 Å². The Hall–Kier alpha value is -3.05. The molecule has 0 aliphatic heterocycles. The normalized spacial score (nSPS) is 9.71. The number of rotatable bonds is 2. The molecule has 0 spiro atoms. The summed E-state index contributed by atoms with van der Waals surface area (Å²) in [6.07, 6.45) is 0. The minimum Gasteiger partial charge on any atom is -0.348 e. The summed E-state index contributed by atoms with van der Waals surface area (Å²) in [4.78, 5) is 15.1. The summed E-state index contributed by atoms with van der Waals surface area (Å²) in [5.74, 6) is 5.36. The molecule has 3 rings (SSSR count). The monoisotopic (exact) mass is 271 g/mol. The molecular formula is C19H13NO. The van der Waals surface area contributed by atoms with Gasteiger partial charge in [-0.1, -0.05) is 60.7 Å². The van der Waals surface area contributed by atoms with Crippen LogP contribution in [0.1, 0.15) is 16.1 Å². The van der Waals surface area contributed by atoms with Gasteiger partial charge in [-0.2, -0.15) is 0 Å². The van der Waals surface area contributed by atoms with E-state index in [1.165, 1.54) is 0 Å². The number of Topliss-reactive ketones (excluding diaryl/α,β-unsaturated/α-hetero) is 1. The summed E-state index contributed by atoms with van der Waals surface area (Å²) in [6, 6.07) is 22.9. The van der Waals surface area contributed by atoms with E-state index >= 15 is 0 Å². The summed E-state index contributed by atoms with van der Waals surface area (Å²) in [7, 11) is 0. The van der Waals surface area contributed by atoms with E-state index in [0.29, 0.717) is 5.56 Å². The molecule has 1 heterocycles. The number of carbonyl (C=O) groups is 1. The molecule has 0 aliphatic rings. The van der Waals surface area contributed by atoms with Crippen molar-refractivity contribution >= 4 is 5.78 Å². The average molecular weight is 271 g/mol. The van der Waals surface area contributed by atoms with Crippen LogP contribution in [0.25, 0.3) is 11.3 Å². The Labute approximate surface area is 123 Å². The highest BCUT2D eigenvalue weighted by atomic mass is 16.1. The fourth-order valence-corrected chi connectivity index (χ4v) is 2.04. The third-order valence-electron chi connectivity index (χ3n) is 3.12. The quantitative estimate of drug-likeness (QED) is 0.556. The topological polar surface area (TPSA) is 32.9 Å². The number of carbonyl (C=O) groups excluding carboxylic acids is 1. The van der Waals surface area contributed by atoms with Crippen molar-refractivity contribution in [1.82, 2.24) is 4.98 Å². The molecule has 0 radical (unpaired) electrons. The maximum absolute atomic E-state index is 11.9. The maximum atomic E-state index is 11.9. The van der Waals surface area contributed by atoms with Gasteiger partial charge in [0.1, 0.15) is 0 Å². The second-order valence-corrected chi connectivity index (χ2v) is 4.60. The minimum atomic E-state index is -0.175. The van der Waals surface area contributed by atoms with Crippen LogP contribution in [0.3, 0.4) is 0 Å². The van der Waals surface area contributed by atoms with E-state index in [0.717, 1.165) is 17.0 Å². The molecule has 100 valence electrons. The molecule has 0 aliphatic carbocycles. The summed E-state index contributed by atoms with van der Waals surface area (Å²) in [5, 5.41) is 0. The van der Waals surface area contributed by atoms with E-state index in [1.807, 2.05) is 60.7 Å². The van der Waals surface area contributed by atoms with Crippen molar-refractivity contribution in [3.05, 3.63) is 84.1 Å². The Morgan fingerprint density at radius 2 is 1.48 bits per heavy atom. The Morgan fingerprint density at radius 1 is 0.810 bits per heavy atom. The second-order valence-electron chi connectivity index (χ2n) is 4.60. The number of ketones is 1. The predicted molar refractivity (Wildman–Crippen MR) is 83.9 cm³/mol. The molecule has 1 N–H and O–H groups in total. The number of H-pyrrole nitrogens is 1. The van der Waals surface area contributed by atoms with Gasteiger partial charge >= 0.3 is 0 Å². The Kier molecular flexibility index (Phi) is 3.66. The first-order valence-electron chi connectivity index (χ1n) is 6.69. The zero-order valence-electron chi connectivity index (χ0n) is 11.3. The van der Waals surface area contributed by atoms with Gasteiger partial charge in [-0.05, 0) is 29.5 Å². The lowest BCUT2D eigenvalue weighted by molar-refractivity contribution is 0.105. The fourth-order valence-electron chi connectivity index (χ4n) is 2.04. The lowest BCUT2D eigenvalue weighted by atomic mass is 10.1. The number of aromatic amines is 1. The fraction of sp³-hybridized carbons (Fsp3) is 0. The van der Waals surface area contributed by atoms with Gasteiger partial charge < -0.3 is 4.98 Å². The van der Waals surface area contributed by atoms with Crippen molar-refractivity contribution < 1.29 is 4.79 Å². The number of hydrogen-bond acceptors (Lipinski definition) is 1. The van der Waals surface area contributed by atoms with Crippen molar-refractivity contribution in [3.8, 4) is 23.1 Å². The predicted octanol–water partition coefficient (Wildman–Crippen LogP) is 3.92. The molecule has 2 nitrogen and oxygen atoms in total. The third-order valence-corrected chi connectivity index (χ3v) is 3.12. The molecule has 0 saturated heterocycles. The first-order chi connectivity index (χ1) is 10.3. The third kappa shape index (κ3) is 3.10. The summed E-state index contributed by atoms with van der Waals surface area (Å²) in [6.45, 7) is 0. The van der Waals surface area contributed by atoms with Gasteiger partial charge in [0.15, 0.2) is 0 Å². The standard InChI is InChI=1S/C19H13NO/c21-19(16-9-5-2-6-10-16)14-12-17-11-13-18(20-17)15-7-3-1-4-8-15/h1-11,13,20H. The lowest BCUT2D eigenvalue weighted by Gasteiger charge is -1.95. The molecule has 0 fully saturated rings. The number of benzene rings is 2. The summed E-state index contributed by atoms with van der Waals surface area (Å²) >= 11 is 0. The molecule has 1 aromatic heterocycles. The zero-order valence-corrected chi connectivity index (χ0v) is 11.3. The average Bonchev–Trinajstić information content (AvgIpc) is 3.03. The highest BCUT2D eigenvalue weighted by molar-refractivity contribution is 6.09. The van der Waals surface area contributed by atoms with Gasteiger partial charge in [0.25, 0.3) is 0 Å². The van der Waals surface area contributed by atoms with Crippen LogP contribution in [0.2, 0.25) is 0 Å². The van der Waals surface area contributed by atoms with Crippen LogP contribution in [0.4, 0.5) is 0 Å². The smallest absolute Gasteiger partial charge is 0.236 e. The van der Waals surface area contributed by atoms with Crippen molar-refractivity contribution in [2.45, 2.75) is 0 Å². The van der Waals surface area contributed by atoms with Gasteiger partial charge in [-0.25, -0.2) is 0 Å². The zero-order chi connectivity index (χ0) is 14.5. The minimum absolute atomic E-state index is 0.175. The van der Waals surface area contributed by atoms with Crippen LogP contribution in [0, 0.1) is 11.8 Å². The van der Waals surface area contributed by atoms with Gasteiger partial charge in [-0.15, -0.1) is 0 Å². The number of aromatic nitrogens is 1. The van der Waals surface area contributed by atoms with Gasteiger partial charge in [0.2, 0.25) is 5.78 Å². The van der Waals surface area contributed by atoms with Crippen LogP contribution in [0.15, 0.2) is 72.8 Å². The van der Waals surface area contributed by atoms with Gasteiger partial charge in [0, 0.05) is 11.3 Å². The molecule has 0 bridgehead atoms. The van der Waals surface area contributed by atoms with Crippen LogP contribution >= 0.6 is 0 Å². The molecule has 0 unspecified atom stereocenters. The summed E-state index contributed by atoms with van der Waals surface area (Å²) < 4.78 is 0. The summed E-state index contributed by atoms with van der Waals surface area (Å²) in [5.41, 5.74) is 3.44. The van der Waals surface area contributed by atoms with Crippen molar-refractivity contribution in [3.63, 3.8) is 0 Å². The van der Waals surface area contributed by atoms with Crippen LogP contribution < -0.4 is 0 Å². The first kappa shape index (κ1) is 13.0. The maximum Gasteiger partial charge on any atom is 0.236 e. The second kappa shape index (κ2) is 5.94. The largest absolute Gasteiger partial charge is 0.348 e. The Morgan fingerprint density at radius 3 is 2.19 bits per heavy atom. The first-order valence-corrected chi connectivity index (χ1v) is 6.69. The van der Waals surface area contributed by atoms with Crippen molar-refractivity contribution in [1.29, 1.82) is 0 Å². The molecule has 0 saturated carbocycles. The SMILES string of the molecule is O=C(C#Cc1ccc(-c2ccccc2)[nH]1)c1ccccc1. The molecule has 3 aromatic rings. The Balaban J connectivity index is 1.80. The van der Waals surface area contributed by atoms with E-state index in [2.05, 4.69) is 16.8 Å². The van der Waals surface area contributed by atoms with E-state index in [9.17, 15) is 4.79 Å². The highest BCUT2D eigenvalue weighted by Gasteiger charge is 2.01. The molecule has 21 heavy (non-hydrogen) atoms. The number of hydrogen-bond donors (Lipinski definition) is 1. The van der Waals surface area contributed by atoms with Gasteiger partial charge in [-0.3, -0.25) is 4.79 Å². The highest BCUT2D eigenvalue weighted by Crippen LogP contribution is 2.17. The molecular weight excluding hydrogens is 258 g/mol. The van der Waals surface area contributed by atoms with Crippen molar-refractivity contribution in [2.24, 2.45) is 0 Å².